The Labute approximate surface area is 549 Å². The topological polar surface area (TPSA) is 404 Å². The van der Waals surface area contributed by atoms with Gasteiger partial charge in [0.25, 0.3) is 0 Å². The Bertz CT molecular complexity index is 3300. The van der Waals surface area contributed by atoms with Gasteiger partial charge in [-0.15, -0.1) is 20.4 Å². The summed E-state index contributed by atoms with van der Waals surface area (Å²) in [5.74, 6) is -6.63. The monoisotopic (exact) mass is 1340 g/mol. The van der Waals surface area contributed by atoms with E-state index in [-0.39, 0.29) is 143 Å². The number of carbonyl (C=O) groups excluding carboxylic acids is 10. The average Bonchev–Trinajstić information content (AvgIpc) is 1.15. The van der Waals surface area contributed by atoms with E-state index in [4.69, 9.17) is 56.8 Å². The zero-order valence-corrected chi connectivity index (χ0v) is 54.6. The van der Waals surface area contributed by atoms with Crippen LogP contribution in [-0.2, 0) is 64.1 Å². The Morgan fingerprint density at radius 2 is 0.469 bits per heavy atom. The van der Waals surface area contributed by atoms with Crippen molar-refractivity contribution in [3.8, 4) is 23.0 Å². The van der Waals surface area contributed by atoms with Crippen molar-refractivity contribution < 1.29 is 105 Å². The van der Waals surface area contributed by atoms with Crippen LogP contribution < -0.4 is 18.9 Å². The molecule has 0 saturated carbocycles. The third-order valence-corrected chi connectivity index (χ3v) is 15.2. The third-order valence-electron chi connectivity index (χ3n) is 15.2. The largest absolute Gasteiger partial charge is 0.490 e. The number of ketones is 2. The molecule has 516 valence electrons. The van der Waals surface area contributed by atoms with Gasteiger partial charge in [-0.3, -0.25) is 9.59 Å². The second-order valence-electron chi connectivity index (χ2n) is 21.4. The summed E-state index contributed by atoms with van der Waals surface area (Å²) in [6.07, 6.45) is 9.47. The molecule has 7 rings (SSSR count). The van der Waals surface area contributed by atoms with Crippen LogP contribution in [0.25, 0.3) is 0 Å². The van der Waals surface area contributed by atoms with Crippen LogP contribution in [0.1, 0.15) is 218 Å². The summed E-state index contributed by atoms with van der Waals surface area (Å²) in [5.41, 5.74) is -1.28. The number of benzene rings is 2. The number of esters is 8. The number of fused-ring (bicyclic) bond motifs is 2. The fourth-order valence-corrected chi connectivity index (χ4v) is 10.2. The smallest absolute Gasteiger partial charge is 0.361 e. The zero-order chi connectivity index (χ0) is 69.3. The van der Waals surface area contributed by atoms with Crippen LogP contribution >= 0.6 is 0 Å². The highest BCUT2D eigenvalue weighted by molar-refractivity contribution is 6.29. The maximum atomic E-state index is 14.8. The van der Waals surface area contributed by atoms with E-state index in [9.17, 15) is 47.9 Å². The molecule has 2 aromatic carbocycles. The van der Waals surface area contributed by atoms with Crippen LogP contribution in [0, 0.1) is 0 Å². The Morgan fingerprint density at radius 3 is 0.656 bits per heavy atom. The number of aromatic nitrogens is 12. The molecule has 0 unspecified atom stereocenters. The molecule has 0 spiro atoms. The minimum atomic E-state index is -0.833. The number of nitrogens with zero attached hydrogens (tertiary/aromatic N) is 12. The molecular formula is C62H76N12O22. The van der Waals surface area contributed by atoms with Crippen molar-refractivity contribution >= 4 is 59.3 Å². The van der Waals surface area contributed by atoms with Gasteiger partial charge in [-0.1, -0.05) is 46.5 Å². The number of unbranched alkanes of at least 4 members (excludes halogenated alkanes) is 12. The fraction of sp³-hybridized carbons (Fsp3) is 0.516. The molecule has 0 aliphatic heterocycles. The Kier molecular flexibility index (Phi) is 27.3. The molecule has 0 amide bonds. The zero-order valence-electron chi connectivity index (χ0n) is 54.6. The quantitative estimate of drug-likeness (QED) is 0.0253. The molecule has 0 N–H and O–H groups in total. The predicted octanol–water partition coefficient (Wildman–Crippen LogP) is 5.68. The van der Waals surface area contributed by atoms with Gasteiger partial charge in [-0.2, -0.15) is 0 Å². The van der Waals surface area contributed by atoms with Crippen molar-refractivity contribution in [3.05, 3.63) is 92.1 Å². The highest BCUT2D eigenvalue weighted by Crippen LogP contribution is 2.41. The third kappa shape index (κ3) is 17.9. The molecule has 4 heterocycles. The Morgan fingerprint density at radius 1 is 0.281 bits per heavy atom. The first-order valence-electron chi connectivity index (χ1n) is 30.9. The summed E-state index contributed by atoms with van der Waals surface area (Å²) in [7, 11) is 9.35. The van der Waals surface area contributed by atoms with Crippen molar-refractivity contribution in [2.45, 2.75) is 129 Å². The highest BCUT2D eigenvalue weighted by Gasteiger charge is 2.35. The summed E-state index contributed by atoms with van der Waals surface area (Å²) >= 11 is 0. The summed E-state index contributed by atoms with van der Waals surface area (Å²) < 4.78 is 68.9. The van der Waals surface area contributed by atoms with Gasteiger partial charge in [0.15, 0.2) is 57.3 Å². The van der Waals surface area contributed by atoms with E-state index in [2.05, 4.69) is 41.2 Å². The van der Waals surface area contributed by atoms with E-state index in [1.54, 1.807) is 0 Å². The molecule has 1 aliphatic carbocycles. The standard InChI is InChI=1S/C62H76N12O22/c1-85-55(77)45-49(59(81)89-5)71(67-63-45)25-17-9-13-21-29-93-41-33-37-38(34-42(41)94-30-22-14-10-18-26-72-50(60(82)90-6)46(64-68-72)56(78)86-2)54(76)40-36-44(96-32-24-16-12-20-28-74-52(62(84)92-8)48(66-70-74)58(80)88-4)43(35-39(40)53(37)75)95-31-23-15-11-19-27-73-51(61(83)91-7)47(65-69-73)57(79)87-3/h33-36H,9-32H2,1-8H3. The van der Waals surface area contributed by atoms with E-state index >= 15 is 0 Å². The minimum Gasteiger partial charge on any atom is -0.490 e. The Balaban J connectivity index is 1.05. The number of aryl methyl sites for hydroxylation is 4. The molecule has 0 saturated heterocycles. The second-order valence-corrected chi connectivity index (χ2v) is 21.4. The normalized spacial score (nSPS) is 11.5. The number of methoxy groups -OCH3 is 8. The van der Waals surface area contributed by atoms with Gasteiger partial charge in [-0.25, -0.2) is 57.1 Å². The molecule has 4 aromatic heterocycles. The molecule has 0 bridgehead atoms. The number of ether oxygens (including phenoxy) is 12. The van der Waals surface area contributed by atoms with E-state index in [0.29, 0.717) is 103 Å². The van der Waals surface area contributed by atoms with Crippen molar-refractivity contribution in [3.63, 3.8) is 0 Å². The van der Waals surface area contributed by atoms with E-state index in [1.807, 2.05) is 0 Å². The van der Waals surface area contributed by atoms with Gasteiger partial charge in [0.2, 0.25) is 22.8 Å². The number of hydrogen-bond donors (Lipinski definition) is 0. The fourth-order valence-electron chi connectivity index (χ4n) is 10.2. The number of rotatable bonds is 40. The molecular weight excluding hydrogens is 1260 g/mol. The highest BCUT2D eigenvalue weighted by atomic mass is 16.6. The molecule has 34 heteroatoms. The van der Waals surface area contributed by atoms with Gasteiger partial charge in [0, 0.05) is 48.4 Å². The van der Waals surface area contributed by atoms with Gasteiger partial charge < -0.3 is 56.8 Å². The summed E-state index contributed by atoms with van der Waals surface area (Å²) in [4.78, 5) is 129. The predicted molar refractivity (Wildman–Crippen MR) is 326 cm³/mol. The summed E-state index contributed by atoms with van der Waals surface area (Å²) in [6, 6.07) is 5.99. The van der Waals surface area contributed by atoms with Crippen LogP contribution in [0.3, 0.4) is 0 Å². The SMILES string of the molecule is COC(=O)c1nnn(CCCCCCOc2cc3c(cc2OCCCCCCn2nnc(C(=O)OC)c2C(=O)OC)C(=O)c2cc(OCCCCCCn4nnc(C(=O)OC)c4C(=O)OC)c(OCCCCCCn4nnc(C(=O)OC)c4C(=O)OC)cc2C3=O)c1C(=O)OC. The van der Waals surface area contributed by atoms with Crippen molar-refractivity contribution in [2.24, 2.45) is 0 Å². The summed E-state index contributed by atoms with van der Waals surface area (Å²) in [5, 5.41) is 31.1. The lowest BCUT2D eigenvalue weighted by molar-refractivity contribution is 0.0543. The first-order chi connectivity index (χ1) is 46.5. The first kappa shape index (κ1) is 72.7. The lowest BCUT2D eigenvalue weighted by Gasteiger charge is -2.23. The summed E-state index contributed by atoms with van der Waals surface area (Å²) in [6.45, 7) is 1.67. The lowest BCUT2D eigenvalue weighted by atomic mass is 9.83. The average molecular weight is 1340 g/mol. The number of hydrogen-bond acceptors (Lipinski definition) is 30. The minimum absolute atomic E-state index is 0.0670. The second kappa shape index (κ2) is 36.1. The van der Waals surface area contributed by atoms with Crippen LogP contribution in [-0.4, -0.2) is 203 Å². The van der Waals surface area contributed by atoms with Crippen LogP contribution in [0.5, 0.6) is 23.0 Å². The van der Waals surface area contributed by atoms with Gasteiger partial charge in [0.1, 0.15) is 0 Å². The molecule has 0 fully saturated rings. The van der Waals surface area contributed by atoms with Crippen molar-refractivity contribution in [2.75, 3.05) is 83.3 Å². The molecule has 0 radical (unpaired) electrons. The van der Waals surface area contributed by atoms with Crippen LogP contribution in [0.15, 0.2) is 24.3 Å². The van der Waals surface area contributed by atoms with Crippen molar-refractivity contribution in [1.82, 2.24) is 60.0 Å². The molecule has 96 heavy (non-hydrogen) atoms. The van der Waals surface area contributed by atoms with E-state index in [1.165, 1.54) is 71.4 Å². The first-order valence-corrected chi connectivity index (χ1v) is 30.9. The number of carbonyl (C=O) groups is 10. The lowest BCUT2D eigenvalue weighted by Crippen LogP contribution is -2.22. The molecule has 1 aliphatic rings. The van der Waals surface area contributed by atoms with Gasteiger partial charge in [0.05, 0.1) is 83.3 Å². The Hall–Kier alpha value is -10.7. The maximum Gasteiger partial charge on any atom is 0.361 e. The maximum absolute atomic E-state index is 14.8. The van der Waals surface area contributed by atoms with Crippen LogP contribution in [0.4, 0.5) is 0 Å². The van der Waals surface area contributed by atoms with Gasteiger partial charge >= 0.3 is 47.8 Å². The van der Waals surface area contributed by atoms with Crippen LogP contribution in [0.2, 0.25) is 0 Å². The van der Waals surface area contributed by atoms with Gasteiger partial charge in [-0.05, 0) is 101 Å². The van der Waals surface area contributed by atoms with E-state index in [0.717, 1.165) is 28.4 Å². The molecule has 0 atom stereocenters. The molecule has 6 aromatic rings. The van der Waals surface area contributed by atoms with E-state index < -0.39 is 59.3 Å². The molecule has 34 nitrogen and oxygen atoms in total. The van der Waals surface area contributed by atoms with Crippen molar-refractivity contribution in [1.29, 1.82) is 0 Å².